The van der Waals surface area contributed by atoms with Crippen molar-refractivity contribution in [2.75, 3.05) is 20.1 Å². The first kappa shape index (κ1) is 16.7. The number of likely N-dealkylation sites (N-methyl/N-ethyl adjacent to an activating group) is 1. The predicted molar refractivity (Wildman–Crippen MR) is 80.2 cm³/mol. The van der Waals surface area contributed by atoms with E-state index in [0.29, 0.717) is 12.5 Å². The number of hydrogen-bond acceptors (Lipinski definition) is 4. The van der Waals surface area contributed by atoms with Crippen LogP contribution in [0.15, 0.2) is 22.8 Å². The van der Waals surface area contributed by atoms with E-state index in [1.165, 1.54) is 0 Å². The summed E-state index contributed by atoms with van der Waals surface area (Å²) in [4.78, 5) is 13.9. The number of nitrogens with two attached hydrogens (primary N) is 1. The summed E-state index contributed by atoms with van der Waals surface area (Å²) in [5.41, 5.74) is 6.00. The van der Waals surface area contributed by atoms with Crippen LogP contribution in [0, 0.1) is 5.92 Å². The monoisotopic (exact) mass is 281 g/mol. The van der Waals surface area contributed by atoms with Gasteiger partial charge in [0.2, 0.25) is 5.91 Å². The van der Waals surface area contributed by atoms with Crippen molar-refractivity contribution in [3.05, 3.63) is 24.2 Å². The van der Waals surface area contributed by atoms with E-state index in [9.17, 15) is 4.79 Å². The van der Waals surface area contributed by atoms with Crippen molar-refractivity contribution in [1.29, 1.82) is 0 Å². The highest BCUT2D eigenvalue weighted by molar-refractivity contribution is 5.78. The molecule has 2 atom stereocenters. The Kier molecular flexibility index (Phi) is 6.75. The van der Waals surface area contributed by atoms with E-state index in [1.54, 1.807) is 6.26 Å². The highest BCUT2D eigenvalue weighted by Gasteiger charge is 2.14. The molecule has 0 radical (unpaired) electrons. The first-order chi connectivity index (χ1) is 9.40. The maximum absolute atomic E-state index is 11.9. The Morgan fingerprint density at radius 2 is 2.15 bits per heavy atom. The molecule has 0 spiro atoms. The average molecular weight is 281 g/mol. The van der Waals surface area contributed by atoms with Crippen LogP contribution in [0.1, 0.15) is 39.0 Å². The third-order valence-electron chi connectivity index (χ3n) is 3.46. The predicted octanol–water partition coefficient (Wildman–Crippen LogP) is 1.76. The molecule has 0 bridgehead atoms. The minimum atomic E-state index is -0.108. The summed E-state index contributed by atoms with van der Waals surface area (Å²) in [5, 5.41) is 2.92. The third kappa shape index (κ3) is 5.75. The molecule has 0 aliphatic heterocycles. The van der Waals surface area contributed by atoms with Crippen molar-refractivity contribution in [2.24, 2.45) is 11.7 Å². The number of carbonyl (C=O) groups excluding carboxylic acids is 1. The van der Waals surface area contributed by atoms with Crippen LogP contribution in [-0.4, -0.2) is 37.0 Å². The van der Waals surface area contributed by atoms with Crippen LogP contribution >= 0.6 is 0 Å². The molecule has 0 saturated carbocycles. The lowest BCUT2D eigenvalue weighted by molar-refractivity contribution is -0.122. The van der Waals surface area contributed by atoms with E-state index in [1.807, 2.05) is 31.0 Å². The fourth-order valence-electron chi connectivity index (χ4n) is 1.92. The number of furan rings is 1. The first-order valence-electron chi connectivity index (χ1n) is 7.17. The maximum Gasteiger partial charge on any atom is 0.234 e. The summed E-state index contributed by atoms with van der Waals surface area (Å²) in [6.07, 6.45) is 2.51. The van der Waals surface area contributed by atoms with E-state index in [0.717, 1.165) is 18.7 Å². The fraction of sp³-hybridized carbons (Fsp3) is 0.667. The highest BCUT2D eigenvalue weighted by atomic mass is 16.3. The molecule has 2 unspecified atom stereocenters. The van der Waals surface area contributed by atoms with Gasteiger partial charge < -0.3 is 15.5 Å². The van der Waals surface area contributed by atoms with Crippen LogP contribution in [0.25, 0.3) is 0 Å². The molecule has 5 nitrogen and oxygen atoms in total. The molecule has 0 fully saturated rings. The Balaban J connectivity index is 2.27. The Hall–Kier alpha value is -1.33. The molecule has 114 valence electrons. The van der Waals surface area contributed by atoms with Gasteiger partial charge in [-0.1, -0.05) is 13.8 Å². The summed E-state index contributed by atoms with van der Waals surface area (Å²) in [6.45, 7) is 7.33. The van der Waals surface area contributed by atoms with Gasteiger partial charge in [0.25, 0.3) is 0 Å². The van der Waals surface area contributed by atoms with Crippen LogP contribution in [0.3, 0.4) is 0 Å². The van der Waals surface area contributed by atoms with Crippen LogP contribution in [-0.2, 0) is 4.79 Å². The first-order valence-corrected chi connectivity index (χ1v) is 7.17. The van der Waals surface area contributed by atoms with Crippen molar-refractivity contribution in [2.45, 2.75) is 39.3 Å². The normalized spacial score (nSPS) is 14.6. The molecule has 1 heterocycles. The standard InChI is InChI=1S/C15H27N3O2/c1-11(2)13(16)7-8-18(4)10-15(19)17-12(3)14-6-5-9-20-14/h5-6,9,11-13H,7-8,10,16H2,1-4H3,(H,17,19). The lowest BCUT2D eigenvalue weighted by Crippen LogP contribution is -2.38. The van der Waals surface area contributed by atoms with Gasteiger partial charge in [-0.15, -0.1) is 0 Å². The lowest BCUT2D eigenvalue weighted by atomic mass is 10.0. The third-order valence-corrected chi connectivity index (χ3v) is 3.46. The molecule has 0 saturated heterocycles. The second-order valence-corrected chi connectivity index (χ2v) is 5.74. The van der Waals surface area contributed by atoms with Crippen LogP contribution in [0.5, 0.6) is 0 Å². The Morgan fingerprint density at radius 3 is 2.70 bits per heavy atom. The van der Waals surface area contributed by atoms with Gasteiger partial charge in [0, 0.05) is 6.04 Å². The molecule has 1 aromatic rings. The smallest absolute Gasteiger partial charge is 0.234 e. The molecule has 1 aromatic heterocycles. The van der Waals surface area contributed by atoms with Gasteiger partial charge in [-0.3, -0.25) is 9.69 Å². The van der Waals surface area contributed by atoms with Gasteiger partial charge in [0.05, 0.1) is 18.8 Å². The maximum atomic E-state index is 11.9. The van der Waals surface area contributed by atoms with Crippen molar-refractivity contribution < 1.29 is 9.21 Å². The number of rotatable bonds is 8. The number of nitrogens with one attached hydrogen (secondary N) is 1. The SMILES string of the molecule is CC(NC(=O)CN(C)CCC(N)C(C)C)c1ccco1. The van der Waals surface area contributed by atoms with Crippen molar-refractivity contribution in [3.63, 3.8) is 0 Å². The second-order valence-electron chi connectivity index (χ2n) is 5.74. The van der Waals surface area contributed by atoms with Crippen LogP contribution in [0.4, 0.5) is 0 Å². The zero-order valence-electron chi connectivity index (χ0n) is 12.9. The molecule has 0 aliphatic rings. The largest absolute Gasteiger partial charge is 0.467 e. The molecule has 0 aromatic carbocycles. The fourth-order valence-corrected chi connectivity index (χ4v) is 1.92. The van der Waals surface area contributed by atoms with Gasteiger partial charge in [-0.05, 0) is 45.0 Å². The van der Waals surface area contributed by atoms with Crippen molar-refractivity contribution in [3.8, 4) is 0 Å². The molecular weight excluding hydrogens is 254 g/mol. The Morgan fingerprint density at radius 1 is 1.45 bits per heavy atom. The van der Waals surface area contributed by atoms with Crippen LogP contribution < -0.4 is 11.1 Å². The minimum Gasteiger partial charge on any atom is -0.467 e. The molecule has 0 aliphatic carbocycles. The Bertz CT molecular complexity index is 390. The molecule has 20 heavy (non-hydrogen) atoms. The molecule has 5 heteroatoms. The topological polar surface area (TPSA) is 71.5 Å². The van der Waals surface area contributed by atoms with Gasteiger partial charge >= 0.3 is 0 Å². The summed E-state index contributed by atoms with van der Waals surface area (Å²) >= 11 is 0. The molecule has 1 rings (SSSR count). The second kappa shape index (κ2) is 8.07. The molecule has 1 amide bonds. The molecule has 3 N–H and O–H groups in total. The zero-order valence-corrected chi connectivity index (χ0v) is 12.9. The summed E-state index contributed by atoms with van der Waals surface area (Å²) < 4.78 is 5.26. The zero-order chi connectivity index (χ0) is 15.1. The van der Waals surface area contributed by atoms with Crippen molar-refractivity contribution >= 4 is 5.91 Å². The highest BCUT2D eigenvalue weighted by Crippen LogP contribution is 2.11. The number of carbonyl (C=O) groups is 1. The number of hydrogen-bond donors (Lipinski definition) is 2. The minimum absolute atomic E-state index is 0.00508. The van der Waals surface area contributed by atoms with Gasteiger partial charge in [-0.2, -0.15) is 0 Å². The van der Waals surface area contributed by atoms with Crippen molar-refractivity contribution in [1.82, 2.24) is 10.2 Å². The van der Waals surface area contributed by atoms with E-state index in [-0.39, 0.29) is 18.0 Å². The quantitative estimate of drug-likeness (QED) is 0.761. The summed E-state index contributed by atoms with van der Waals surface area (Å²) in [5.74, 6) is 1.23. The average Bonchev–Trinajstić information content (AvgIpc) is 2.89. The number of nitrogens with zero attached hydrogens (tertiary/aromatic N) is 1. The summed E-state index contributed by atoms with van der Waals surface area (Å²) in [7, 11) is 1.93. The van der Waals surface area contributed by atoms with E-state index in [4.69, 9.17) is 10.2 Å². The lowest BCUT2D eigenvalue weighted by Gasteiger charge is -2.21. The molecular formula is C15H27N3O2. The van der Waals surface area contributed by atoms with E-state index < -0.39 is 0 Å². The van der Waals surface area contributed by atoms with Gasteiger partial charge in [0.1, 0.15) is 5.76 Å². The van der Waals surface area contributed by atoms with E-state index >= 15 is 0 Å². The number of amides is 1. The summed E-state index contributed by atoms with van der Waals surface area (Å²) in [6, 6.07) is 3.75. The van der Waals surface area contributed by atoms with Gasteiger partial charge in [0.15, 0.2) is 0 Å². The van der Waals surface area contributed by atoms with E-state index in [2.05, 4.69) is 19.2 Å². The van der Waals surface area contributed by atoms with Gasteiger partial charge in [-0.25, -0.2) is 0 Å². The van der Waals surface area contributed by atoms with Crippen LogP contribution in [0.2, 0.25) is 0 Å². The Labute approximate surface area is 121 Å².